The van der Waals surface area contributed by atoms with Crippen molar-refractivity contribution >= 4 is 21.4 Å². The third kappa shape index (κ3) is 3.75. The largest absolute Gasteiger partial charge is 0.454 e. The first-order valence-electron chi connectivity index (χ1n) is 9.40. The molecule has 0 atom stereocenters. The molecule has 3 aromatic rings. The zero-order valence-corrected chi connectivity index (χ0v) is 17.1. The Morgan fingerprint density at radius 2 is 1.90 bits per heavy atom. The van der Waals surface area contributed by atoms with Crippen LogP contribution in [0, 0.1) is 0 Å². The van der Waals surface area contributed by atoms with E-state index < -0.39 is 10.0 Å². The number of nitrogens with one attached hydrogen (secondary N) is 1. The SMILES string of the molecule is O=S(=O)(NCc1ccc2c(c1)OCO2)c1ccc(-c2nnc(C3CCCC3)o2)s1. The second kappa shape index (κ2) is 7.43. The predicted molar refractivity (Wildman–Crippen MR) is 105 cm³/mol. The van der Waals surface area contributed by atoms with E-state index in [4.69, 9.17) is 13.9 Å². The van der Waals surface area contributed by atoms with Crippen LogP contribution in [-0.4, -0.2) is 25.4 Å². The number of thiophene rings is 1. The van der Waals surface area contributed by atoms with Crippen molar-refractivity contribution in [3.05, 3.63) is 41.8 Å². The molecule has 0 bridgehead atoms. The van der Waals surface area contributed by atoms with Gasteiger partial charge in [0.05, 0.1) is 4.88 Å². The zero-order chi connectivity index (χ0) is 19.8. The fraction of sp³-hybridized carbons (Fsp3) is 0.368. The summed E-state index contributed by atoms with van der Waals surface area (Å²) in [5.74, 6) is 2.62. The van der Waals surface area contributed by atoms with Crippen molar-refractivity contribution in [2.24, 2.45) is 0 Å². The number of hydrogen-bond donors (Lipinski definition) is 1. The molecule has 2 aliphatic rings. The number of benzene rings is 1. The third-order valence-electron chi connectivity index (χ3n) is 5.11. The molecule has 1 aliphatic carbocycles. The first kappa shape index (κ1) is 18.6. The average molecular weight is 434 g/mol. The summed E-state index contributed by atoms with van der Waals surface area (Å²) in [7, 11) is -3.66. The van der Waals surface area contributed by atoms with E-state index in [1.54, 1.807) is 30.3 Å². The smallest absolute Gasteiger partial charge is 0.257 e. The molecule has 1 fully saturated rings. The zero-order valence-electron chi connectivity index (χ0n) is 15.5. The minimum absolute atomic E-state index is 0.151. The molecule has 152 valence electrons. The Morgan fingerprint density at radius 1 is 1.07 bits per heavy atom. The fourth-order valence-electron chi connectivity index (χ4n) is 3.55. The Morgan fingerprint density at radius 3 is 2.76 bits per heavy atom. The molecule has 1 saturated carbocycles. The second-order valence-electron chi connectivity index (χ2n) is 7.06. The van der Waals surface area contributed by atoms with Crippen LogP contribution in [0.2, 0.25) is 0 Å². The lowest BCUT2D eigenvalue weighted by atomic mass is 10.1. The summed E-state index contributed by atoms with van der Waals surface area (Å²) in [6.45, 7) is 0.333. The van der Waals surface area contributed by atoms with Gasteiger partial charge in [-0.1, -0.05) is 18.9 Å². The average Bonchev–Trinajstić information content (AvgIpc) is 3.51. The lowest BCUT2D eigenvalue weighted by molar-refractivity contribution is 0.174. The maximum atomic E-state index is 12.7. The first-order valence-corrected chi connectivity index (χ1v) is 11.7. The number of ether oxygens (including phenoxy) is 2. The lowest BCUT2D eigenvalue weighted by Gasteiger charge is -2.05. The van der Waals surface area contributed by atoms with Gasteiger partial charge in [-0.05, 0) is 42.7 Å². The molecule has 0 radical (unpaired) electrons. The molecular formula is C19H19N3O5S2. The number of hydrogen-bond acceptors (Lipinski definition) is 8. The van der Waals surface area contributed by atoms with Crippen LogP contribution in [0.1, 0.15) is 43.1 Å². The summed E-state index contributed by atoms with van der Waals surface area (Å²) in [4.78, 5) is 0.644. The van der Waals surface area contributed by atoms with Crippen LogP contribution in [-0.2, 0) is 16.6 Å². The molecule has 1 N–H and O–H groups in total. The summed E-state index contributed by atoms with van der Waals surface area (Å²) in [5, 5.41) is 8.26. The van der Waals surface area contributed by atoms with Crippen LogP contribution in [0.15, 0.2) is 39.0 Å². The minimum atomic E-state index is -3.66. The predicted octanol–water partition coefficient (Wildman–Crippen LogP) is 3.66. The van der Waals surface area contributed by atoms with Crippen molar-refractivity contribution in [3.8, 4) is 22.3 Å². The van der Waals surface area contributed by atoms with Gasteiger partial charge in [0.1, 0.15) is 4.21 Å². The van der Waals surface area contributed by atoms with E-state index in [1.807, 2.05) is 0 Å². The molecule has 8 nitrogen and oxygen atoms in total. The summed E-state index contributed by atoms with van der Waals surface area (Å²) < 4.78 is 44.6. The van der Waals surface area contributed by atoms with Crippen LogP contribution in [0.5, 0.6) is 11.5 Å². The monoisotopic (exact) mass is 433 g/mol. The van der Waals surface area contributed by atoms with E-state index in [9.17, 15) is 8.42 Å². The highest BCUT2D eigenvalue weighted by Crippen LogP contribution is 2.36. The fourth-order valence-corrected chi connectivity index (χ4v) is 5.84. The molecule has 0 saturated heterocycles. The highest BCUT2D eigenvalue weighted by Gasteiger charge is 2.24. The van der Waals surface area contributed by atoms with Gasteiger partial charge in [-0.15, -0.1) is 21.5 Å². The third-order valence-corrected chi connectivity index (χ3v) is 8.07. The van der Waals surface area contributed by atoms with E-state index in [0.717, 1.165) is 29.7 Å². The number of fused-ring (bicyclic) bond motifs is 1. The molecule has 0 unspecified atom stereocenters. The number of nitrogens with zero attached hydrogens (tertiary/aromatic N) is 2. The van der Waals surface area contributed by atoms with Gasteiger partial charge in [-0.25, -0.2) is 13.1 Å². The summed E-state index contributed by atoms with van der Waals surface area (Å²) in [5.41, 5.74) is 0.785. The van der Waals surface area contributed by atoms with Gasteiger partial charge in [0.15, 0.2) is 11.5 Å². The highest BCUT2D eigenvalue weighted by molar-refractivity contribution is 7.91. The minimum Gasteiger partial charge on any atom is -0.454 e. The van der Waals surface area contributed by atoms with E-state index in [2.05, 4.69) is 14.9 Å². The van der Waals surface area contributed by atoms with Crippen LogP contribution < -0.4 is 14.2 Å². The van der Waals surface area contributed by atoms with Gasteiger partial charge in [-0.2, -0.15) is 0 Å². The Hall–Kier alpha value is -2.43. The van der Waals surface area contributed by atoms with Crippen LogP contribution in [0.25, 0.3) is 10.8 Å². The number of sulfonamides is 1. The van der Waals surface area contributed by atoms with Gasteiger partial charge in [0, 0.05) is 12.5 Å². The first-order chi connectivity index (χ1) is 14.1. The van der Waals surface area contributed by atoms with E-state index >= 15 is 0 Å². The molecule has 10 heteroatoms. The quantitative estimate of drug-likeness (QED) is 0.633. The number of aromatic nitrogens is 2. The second-order valence-corrected chi connectivity index (χ2v) is 10.1. The van der Waals surface area contributed by atoms with Crippen molar-refractivity contribution in [2.75, 3.05) is 6.79 Å². The van der Waals surface area contributed by atoms with Gasteiger partial charge >= 0.3 is 0 Å². The Bertz CT molecular complexity index is 1130. The lowest BCUT2D eigenvalue weighted by Crippen LogP contribution is -2.22. The maximum absolute atomic E-state index is 12.7. The van der Waals surface area contributed by atoms with Gasteiger partial charge in [0.25, 0.3) is 5.89 Å². The van der Waals surface area contributed by atoms with E-state index in [1.165, 1.54) is 12.8 Å². The van der Waals surface area contributed by atoms with Crippen molar-refractivity contribution < 1.29 is 22.3 Å². The summed E-state index contributed by atoms with van der Waals surface area (Å²) in [6.07, 6.45) is 4.49. The van der Waals surface area contributed by atoms with Crippen molar-refractivity contribution in [3.63, 3.8) is 0 Å². The van der Waals surface area contributed by atoms with Gasteiger partial charge in [0.2, 0.25) is 22.7 Å². The summed E-state index contributed by atoms with van der Waals surface area (Å²) in [6, 6.07) is 8.60. The Balaban J connectivity index is 1.29. The molecular weight excluding hydrogens is 414 g/mol. The molecule has 2 aromatic heterocycles. The molecule has 0 spiro atoms. The van der Waals surface area contributed by atoms with Crippen molar-refractivity contribution in [1.29, 1.82) is 0 Å². The topological polar surface area (TPSA) is 104 Å². The summed E-state index contributed by atoms with van der Waals surface area (Å²) >= 11 is 1.11. The van der Waals surface area contributed by atoms with Crippen LogP contribution in [0.3, 0.4) is 0 Å². The maximum Gasteiger partial charge on any atom is 0.257 e. The van der Waals surface area contributed by atoms with Crippen molar-refractivity contribution in [1.82, 2.24) is 14.9 Å². The standard InChI is InChI=1S/C19H19N3O5S2/c23-29(24,20-10-12-5-6-14-15(9-12)26-11-25-14)17-8-7-16(28-17)19-22-21-18(27-19)13-3-1-2-4-13/h5-9,13,20H,1-4,10-11H2. The highest BCUT2D eigenvalue weighted by atomic mass is 32.2. The van der Waals surface area contributed by atoms with E-state index in [0.29, 0.717) is 34.1 Å². The van der Waals surface area contributed by atoms with Crippen LogP contribution >= 0.6 is 11.3 Å². The molecule has 0 amide bonds. The molecule has 5 rings (SSSR count). The Labute approximate surface area is 171 Å². The van der Waals surface area contributed by atoms with Crippen LogP contribution in [0.4, 0.5) is 0 Å². The Kier molecular flexibility index (Phi) is 4.76. The molecule has 1 aliphatic heterocycles. The molecule has 3 heterocycles. The normalized spacial score (nSPS) is 16.6. The number of rotatable bonds is 6. The van der Waals surface area contributed by atoms with E-state index in [-0.39, 0.29) is 17.5 Å². The van der Waals surface area contributed by atoms with Gasteiger partial charge < -0.3 is 13.9 Å². The molecule has 29 heavy (non-hydrogen) atoms. The molecule has 1 aromatic carbocycles. The van der Waals surface area contributed by atoms with Gasteiger partial charge in [-0.3, -0.25) is 0 Å². The van der Waals surface area contributed by atoms with Crippen molar-refractivity contribution in [2.45, 2.75) is 42.4 Å².